The number of aliphatic hydroxyl groups is 1. The Labute approximate surface area is 245 Å². The van der Waals surface area contributed by atoms with Gasteiger partial charge in [0.2, 0.25) is 5.95 Å². The summed E-state index contributed by atoms with van der Waals surface area (Å²) < 4.78 is 1.77. The van der Waals surface area contributed by atoms with E-state index in [1.54, 1.807) is 4.52 Å². The highest BCUT2D eigenvalue weighted by Gasteiger charge is 2.34. The zero-order chi connectivity index (χ0) is 28.2. The first-order valence-electron chi connectivity index (χ1n) is 14.4. The lowest BCUT2D eigenvalue weighted by molar-refractivity contribution is 0.0118. The highest BCUT2D eigenvalue weighted by atomic mass is 35.5. The molecule has 2 aliphatic heterocycles. The number of nitrogens with one attached hydrogen (secondary N) is 2. The fourth-order valence-corrected chi connectivity index (χ4v) is 5.93. The molecule has 2 aliphatic rings. The maximum atomic E-state index is 12.6. The first kappa shape index (κ1) is 27.5. The number of benzene rings is 2. The highest BCUT2D eigenvalue weighted by molar-refractivity contribution is 6.30. The number of hydrogen-bond donors (Lipinski definition) is 3. The fraction of sp³-hybridized carbons (Fsp3) is 0.387. The number of aromatic nitrogens is 3. The van der Waals surface area contributed by atoms with Crippen molar-refractivity contribution >= 4 is 40.5 Å². The van der Waals surface area contributed by atoms with Crippen molar-refractivity contribution in [3.8, 4) is 0 Å². The summed E-state index contributed by atoms with van der Waals surface area (Å²) >= 11 is 6.04. The Hall–Kier alpha value is -3.66. The summed E-state index contributed by atoms with van der Waals surface area (Å²) in [5.74, 6) is 0.416. The molecule has 3 N–H and O–H groups in total. The van der Waals surface area contributed by atoms with E-state index in [4.69, 9.17) is 16.6 Å². The van der Waals surface area contributed by atoms with Crippen LogP contribution in [-0.2, 0) is 5.60 Å². The minimum absolute atomic E-state index is 0.0615. The van der Waals surface area contributed by atoms with Gasteiger partial charge < -0.3 is 25.5 Å². The fourth-order valence-electron chi connectivity index (χ4n) is 5.80. The summed E-state index contributed by atoms with van der Waals surface area (Å²) in [7, 11) is 0. The van der Waals surface area contributed by atoms with Crippen molar-refractivity contribution in [2.75, 3.05) is 49.5 Å². The van der Waals surface area contributed by atoms with Gasteiger partial charge in [-0.25, -0.2) is 4.52 Å². The Morgan fingerprint density at radius 1 is 0.951 bits per heavy atom. The summed E-state index contributed by atoms with van der Waals surface area (Å²) in [6.07, 6.45) is 6.89. The smallest absolute Gasteiger partial charge is 0.251 e. The third-order valence-electron chi connectivity index (χ3n) is 8.22. The SMILES string of the molecule is O=C(NCCN1CCCCC1)c1ccc(Nc2nc3c(N4CCC(O)(c5ccc(Cl)cc5)CC4)cccn3n2)cc1. The molecular weight excluding hydrogens is 538 g/mol. The van der Waals surface area contributed by atoms with Gasteiger partial charge in [0, 0.05) is 48.6 Å². The van der Waals surface area contributed by atoms with Crippen molar-refractivity contribution in [3.05, 3.63) is 83.0 Å². The molecule has 41 heavy (non-hydrogen) atoms. The van der Waals surface area contributed by atoms with Crippen LogP contribution in [0.15, 0.2) is 66.9 Å². The van der Waals surface area contributed by atoms with E-state index >= 15 is 0 Å². The predicted molar refractivity (Wildman–Crippen MR) is 162 cm³/mol. The molecule has 2 saturated heterocycles. The van der Waals surface area contributed by atoms with Crippen molar-refractivity contribution in [2.45, 2.75) is 37.7 Å². The minimum atomic E-state index is -0.872. The molecule has 2 aromatic heterocycles. The number of nitrogens with zero attached hydrogens (tertiary/aromatic N) is 5. The molecule has 0 atom stereocenters. The molecule has 10 heteroatoms. The van der Waals surface area contributed by atoms with Crippen LogP contribution in [0.5, 0.6) is 0 Å². The topological polar surface area (TPSA) is 98.0 Å². The number of pyridine rings is 1. The molecule has 0 spiro atoms. The quantitative estimate of drug-likeness (QED) is 0.278. The molecular formula is C31H36ClN7O2. The van der Waals surface area contributed by atoms with Crippen LogP contribution in [0, 0.1) is 0 Å². The normalized spacial score (nSPS) is 17.5. The van der Waals surface area contributed by atoms with E-state index in [-0.39, 0.29) is 5.91 Å². The Bertz CT molecular complexity index is 1470. The van der Waals surface area contributed by atoms with Crippen LogP contribution in [0.1, 0.15) is 48.0 Å². The summed E-state index contributed by atoms with van der Waals surface area (Å²) in [6, 6.07) is 18.8. The van der Waals surface area contributed by atoms with Gasteiger partial charge in [0.05, 0.1) is 11.3 Å². The maximum absolute atomic E-state index is 12.6. The number of halogens is 1. The standard InChI is InChI=1S/C31H36ClN7O2/c32-25-10-8-24(9-11-25)31(41)14-20-38(21-15-31)27-5-4-19-39-28(27)35-30(36-39)34-26-12-6-23(7-13-26)29(40)33-16-22-37-17-2-1-3-18-37/h4-13,19,41H,1-3,14-18,20-22H2,(H,33,40)(H,34,36). The summed E-state index contributed by atoms with van der Waals surface area (Å²) in [5, 5.41) is 22.9. The van der Waals surface area contributed by atoms with Crippen LogP contribution in [0.25, 0.3) is 5.65 Å². The molecule has 4 heterocycles. The molecule has 9 nitrogen and oxygen atoms in total. The third-order valence-corrected chi connectivity index (χ3v) is 8.47. The molecule has 0 radical (unpaired) electrons. The third kappa shape index (κ3) is 6.32. The van der Waals surface area contributed by atoms with Crippen molar-refractivity contribution in [1.82, 2.24) is 24.8 Å². The number of hydrogen-bond acceptors (Lipinski definition) is 7. The molecule has 2 aromatic carbocycles. The van der Waals surface area contributed by atoms with Crippen LogP contribution in [0.4, 0.5) is 17.3 Å². The molecule has 6 rings (SSSR count). The number of carbonyl (C=O) groups is 1. The number of fused-ring (bicyclic) bond motifs is 1. The van der Waals surface area contributed by atoms with Gasteiger partial charge in [0.25, 0.3) is 5.91 Å². The van der Waals surface area contributed by atoms with Gasteiger partial charge in [0.15, 0.2) is 5.65 Å². The molecule has 2 fully saturated rings. The summed E-state index contributed by atoms with van der Waals surface area (Å²) in [5.41, 5.74) is 3.18. The van der Waals surface area contributed by atoms with Gasteiger partial charge in [0.1, 0.15) is 0 Å². The molecule has 0 saturated carbocycles. The predicted octanol–water partition coefficient (Wildman–Crippen LogP) is 4.83. The average molecular weight is 574 g/mol. The molecule has 214 valence electrons. The van der Waals surface area contributed by atoms with Crippen molar-refractivity contribution in [3.63, 3.8) is 0 Å². The highest BCUT2D eigenvalue weighted by Crippen LogP contribution is 2.36. The molecule has 1 amide bonds. The minimum Gasteiger partial charge on any atom is -0.385 e. The molecule has 4 aromatic rings. The Morgan fingerprint density at radius 3 is 2.41 bits per heavy atom. The van der Waals surface area contributed by atoms with E-state index in [0.717, 1.165) is 42.2 Å². The van der Waals surface area contributed by atoms with E-state index in [0.29, 0.717) is 49.0 Å². The number of carbonyl (C=O) groups excluding carboxylic acids is 1. The number of amides is 1. The summed E-state index contributed by atoms with van der Waals surface area (Å²) in [6.45, 7) is 5.18. The van der Waals surface area contributed by atoms with E-state index in [9.17, 15) is 9.90 Å². The molecule has 0 unspecified atom stereocenters. The second-order valence-corrected chi connectivity index (χ2v) is 11.4. The van der Waals surface area contributed by atoms with Gasteiger partial charge in [-0.05, 0) is 92.9 Å². The van der Waals surface area contributed by atoms with Crippen LogP contribution in [0.3, 0.4) is 0 Å². The van der Waals surface area contributed by atoms with Crippen LogP contribution in [0.2, 0.25) is 5.02 Å². The number of piperidine rings is 2. The number of anilines is 3. The first-order valence-corrected chi connectivity index (χ1v) is 14.8. The molecule has 0 aliphatic carbocycles. The first-order chi connectivity index (χ1) is 20.0. The second-order valence-electron chi connectivity index (χ2n) is 11.0. The van der Waals surface area contributed by atoms with E-state index < -0.39 is 5.60 Å². The van der Waals surface area contributed by atoms with Gasteiger partial charge in [-0.2, -0.15) is 4.98 Å². The van der Waals surface area contributed by atoms with Crippen LogP contribution < -0.4 is 15.5 Å². The van der Waals surface area contributed by atoms with Crippen LogP contribution in [-0.4, -0.2) is 69.8 Å². The van der Waals surface area contributed by atoms with Gasteiger partial charge in [-0.3, -0.25) is 4.79 Å². The number of likely N-dealkylation sites (tertiary alicyclic amines) is 1. The lowest BCUT2D eigenvalue weighted by Gasteiger charge is -2.39. The lowest BCUT2D eigenvalue weighted by Crippen LogP contribution is -2.42. The van der Waals surface area contributed by atoms with E-state index in [2.05, 4.69) is 25.5 Å². The average Bonchev–Trinajstić information content (AvgIpc) is 3.41. The lowest BCUT2D eigenvalue weighted by atomic mass is 9.84. The van der Waals surface area contributed by atoms with Gasteiger partial charge in [-0.1, -0.05) is 30.2 Å². The maximum Gasteiger partial charge on any atom is 0.251 e. The van der Waals surface area contributed by atoms with E-state index in [1.807, 2.05) is 66.9 Å². The van der Waals surface area contributed by atoms with Crippen molar-refractivity contribution in [2.24, 2.45) is 0 Å². The zero-order valence-corrected chi connectivity index (χ0v) is 23.9. The Kier molecular flexibility index (Phi) is 8.09. The Morgan fingerprint density at radius 2 is 1.68 bits per heavy atom. The van der Waals surface area contributed by atoms with Gasteiger partial charge >= 0.3 is 0 Å². The number of rotatable bonds is 8. The second kappa shape index (κ2) is 12.1. The van der Waals surface area contributed by atoms with E-state index in [1.165, 1.54) is 19.3 Å². The molecule has 0 bridgehead atoms. The Balaban J connectivity index is 1.07. The van der Waals surface area contributed by atoms with Crippen molar-refractivity contribution < 1.29 is 9.90 Å². The van der Waals surface area contributed by atoms with Crippen LogP contribution >= 0.6 is 11.6 Å². The largest absolute Gasteiger partial charge is 0.385 e. The van der Waals surface area contributed by atoms with Gasteiger partial charge in [-0.15, -0.1) is 5.10 Å². The van der Waals surface area contributed by atoms with Crippen molar-refractivity contribution in [1.29, 1.82) is 0 Å². The monoisotopic (exact) mass is 573 g/mol. The zero-order valence-electron chi connectivity index (χ0n) is 23.1. The summed E-state index contributed by atoms with van der Waals surface area (Å²) in [4.78, 5) is 22.0.